The Bertz CT molecular complexity index is 1130. The van der Waals surface area contributed by atoms with Gasteiger partial charge < -0.3 is 14.5 Å². The monoisotopic (exact) mass is 396 g/mol. The molecule has 0 bridgehead atoms. The highest BCUT2D eigenvalue weighted by molar-refractivity contribution is 6.20. The average Bonchev–Trinajstić information content (AvgIpc) is 3.03. The fourth-order valence-corrected chi connectivity index (χ4v) is 3.10. The Kier molecular flexibility index (Phi) is 5.93. The van der Waals surface area contributed by atoms with E-state index in [1.54, 1.807) is 13.8 Å². The lowest BCUT2D eigenvalue weighted by Crippen LogP contribution is -2.05. The van der Waals surface area contributed by atoms with E-state index < -0.39 is 12.4 Å². The molecule has 29 heavy (non-hydrogen) atoms. The summed E-state index contributed by atoms with van der Waals surface area (Å²) in [7, 11) is 0. The Morgan fingerprint density at radius 2 is 2.00 bits per heavy atom. The Morgan fingerprint density at radius 3 is 2.69 bits per heavy atom. The van der Waals surface area contributed by atoms with Gasteiger partial charge in [-0.1, -0.05) is 24.3 Å². The molecule has 5 nitrogen and oxygen atoms in total. The molecule has 0 aliphatic rings. The number of nitrogens with zero attached hydrogens (tertiary/aromatic N) is 1. The number of Topliss-reactive ketones (excluding diaryl/α,β-unsaturated/α-hetero) is 1. The fourth-order valence-electron chi connectivity index (χ4n) is 3.10. The van der Waals surface area contributed by atoms with E-state index in [4.69, 9.17) is 4.74 Å². The van der Waals surface area contributed by atoms with Gasteiger partial charge in [-0.2, -0.15) is 14.0 Å². The van der Waals surface area contributed by atoms with E-state index in [0.29, 0.717) is 16.8 Å². The summed E-state index contributed by atoms with van der Waals surface area (Å²) in [4.78, 5) is 16.2. The molecule has 148 valence electrons. The van der Waals surface area contributed by atoms with Gasteiger partial charge in [-0.25, -0.2) is 0 Å². The van der Waals surface area contributed by atoms with Crippen molar-refractivity contribution in [2.75, 3.05) is 6.61 Å². The molecular formula is C22H18F2N2O3. The number of para-hydroxylation sites is 1. The normalized spacial score (nSPS) is 11.5. The molecule has 1 heterocycles. The van der Waals surface area contributed by atoms with Gasteiger partial charge in [0, 0.05) is 16.6 Å². The first-order chi connectivity index (χ1) is 13.9. The number of aromatic amines is 1. The van der Waals surface area contributed by atoms with Crippen LogP contribution in [0.2, 0.25) is 0 Å². The topological polar surface area (TPSA) is 75.1 Å². The minimum atomic E-state index is -2.99. The van der Waals surface area contributed by atoms with Gasteiger partial charge in [0.25, 0.3) is 0 Å². The van der Waals surface area contributed by atoms with Crippen molar-refractivity contribution in [2.45, 2.75) is 20.5 Å². The maximum atomic E-state index is 13.0. The van der Waals surface area contributed by atoms with Gasteiger partial charge in [-0.15, -0.1) is 0 Å². The molecule has 0 saturated heterocycles. The largest absolute Gasteiger partial charge is 0.490 e. The maximum Gasteiger partial charge on any atom is 0.387 e. The van der Waals surface area contributed by atoms with Gasteiger partial charge in [-0.05, 0) is 43.7 Å². The number of benzene rings is 2. The second kappa shape index (κ2) is 8.57. The van der Waals surface area contributed by atoms with Gasteiger partial charge in [-0.3, -0.25) is 4.79 Å². The van der Waals surface area contributed by atoms with Gasteiger partial charge >= 0.3 is 6.61 Å². The first-order valence-corrected chi connectivity index (χ1v) is 8.90. The van der Waals surface area contributed by atoms with E-state index in [-0.39, 0.29) is 23.7 Å². The third kappa shape index (κ3) is 4.27. The number of fused-ring (bicyclic) bond motifs is 1. The SMILES string of the molecule is CCOc1cc(/C=C(/C#N)C(=O)c2c(C)[nH]c3ccccc23)ccc1OC(F)F. The van der Waals surface area contributed by atoms with Crippen molar-refractivity contribution < 1.29 is 23.0 Å². The summed E-state index contributed by atoms with van der Waals surface area (Å²) in [5.74, 6) is -0.431. The molecule has 1 N–H and O–H groups in total. The third-order valence-electron chi connectivity index (χ3n) is 4.28. The van der Waals surface area contributed by atoms with Crippen molar-refractivity contribution in [1.29, 1.82) is 5.26 Å². The molecule has 1 aromatic heterocycles. The Hall–Kier alpha value is -3.66. The highest BCUT2D eigenvalue weighted by atomic mass is 19.3. The van der Waals surface area contributed by atoms with E-state index in [0.717, 1.165) is 10.9 Å². The summed E-state index contributed by atoms with van der Waals surface area (Å²) >= 11 is 0. The summed E-state index contributed by atoms with van der Waals surface area (Å²) in [5.41, 5.74) is 2.27. The van der Waals surface area contributed by atoms with E-state index in [2.05, 4.69) is 9.72 Å². The quantitative estimate of drug-likeness (QED) is 0.336. The fraction of sp³-hybridized carbons (Fsp3) is 0.182. The van der Waals surface area contributed by atoms with E-state index in [9.17, 15) is 18.8 Å². The molecular weight excluding hydrogens is 378 g/mol. The second-order valence-corrected chi connectivity index (χ2v) is 6.19. The highest BCUT2D eigenvalue weighted by Crippen LogP contribution is 2.31. The van der Waals surface area contributed by atoms with Crippen molar-refractivity contribution in [3.05, 3.63) is 64.9 Å². The molecule has 0 amide bonds. The minimum Gasteiger partial charge on any atom is -0.490 e. The summed E-state index contributed by atoms with van der Waals surface area (Å²) < 4.78 is 34.9. The van der Waals surface area contributed by atoms with Crippen LogP contribution < -0.4 is 9.47 Å². The molecule has 0 atom stereocenters. The van der Waals surface area contributed by atoms with Crippen LogP contribution >= 0.6 is 0 Å². The average molecular weight is 396 g/mol. The number of nitriles is 1. The molecule has 0 aliphatic heterocycles. The van der Waals surface area contributed by atoms with Crippen molar-refractivity contribution in [2.24, 2.45) is 0 Å². The van der Waals surface area contributed by atoms with E-state index in [1.165, 1.54) is 24.3 Å². The van der Waals surface area contributed by atoms with Crippen molar-refractivity contribution in [3.8, 4) is 17.6 Å². The number of carbonyl (C=O) groups is 1. The number of hydrogen-bond donors (Lipinski definition) is 1. The van der Waals surface area contributed by atoms with Crippen LogP contribution in [0.25, 0.3) is 17.0 Å². The molecule has 3 aromatic rings. The molecule has 3 rings (SSSR count). The molecule has 2 aromatic carbocycles. The predicted octanol–water partition coefficient (Wildman–Crippen LogP) is 5.27. The van der Waals surface area contributed by atoms with Crippen LogP contribution in [0.1, 0.15) is 28.5 Å². The van der Waals surface area contributed by atoms with Crippen LogP contribution in [0.15, 0.2) is 48.0 Å². The number of allylic oxidation sites excluding steroid dienone is 1. The number of carbonyl (C=O) groups excluding carboxylic acids is 1. The van der Waals surface area contributed by atoms with Gasteiger partial charge in [0.1, 0.15) is 11.6 Å². The van der Waals surface area contributed by atoms with Crippen LogP contribution in [-0.4, -0.2) is 24.0 Å². The van der Waals surface area contributed by atoms with E-state index >= 15 is 0 Å². The van der Waals surface area contributed by atoms with Gasteiger partial charge in [0.05, 0.1) is 12.2 Å². The van der Waals surface area contributed by atoms with Gasteiger partial charge in [0.2, 0.25) is 5.78 Å². The number of nitrogens with one attached hydrogen (secondary N) is 1. The van der Waals surface area contributed by atoms with Crippen molar-refractivity contribution in [3.63, 3.8) is 0 Å². The second-order valence-electron chi connectivity index (χ2n) is 6.19. The lowest BCUT2D eigenvalue weighted by Gasteiger charge is -2.11. The standard InChI is InChI=1S/C22H18F2N2O3/c1-3-28-19-11-14(8-9-18(19)29-22(23)24)10-15(12-25)21(27)20-13(2)26-17-7-5-4-6-16(17)20/h4-11,22,26H,3H2,1-2H3/b15-10-. The van der Waals surface area contributed by atoms with Gasteiger partial charge in [0.15, 0.2) is 11.5 Å². The number of aromatic nitrogens is 1. The number of H-pyrrole nitrogens is 1. The van der Waals surface area contributed by atoms with Crippen molar-refractivity contribution >= 4 is 22.8 Å². The zero-order chi connectivity index (χ0) is 21.0. The minimum absolute atomic E-state index is 0.0807. The number of halogens is 2. The summed E-state index contributed by atoms with van der Waals surface area (Å²) in [6.07, 6.45) is 1.40. The van der Waals surface area contributed by atoms with Crippen molar-refractivity contribution in [1.82, 2.24) is 4.98 Å². The highest BCUT2D eigenvalue weighted by Gasteiger charge is 2.20. The number of ether oxygens (including phenoxy) is 2. The number of alkyl halides is 2. The molecule has 0 aliphatic carbocycles. The van der Waals surface area contributed by atoms with Crippen LogP contribution in [0.4, 0.5) is 8.78 Å². The van der Waals surface area contributed by atoms with Crippen LogP contribution in [-0.2, 0) is 0 Å². The summed E-state index contributed by atoms with van der Waals surface area (Å²) in [5, 5.41) is 10.3. The van der Waals surface area contributed by atoms with E-state index in [1.807, 2.05) is 30.3 Å². The number of hydrogen-bond acceptors (Lipinski definition) is 4. The smallest absolute Gasteiger partial charge is 0.387 e. The zero-order valence-corrected chi connectivity index (χ0v) is 15.8. The Balaban J connectivity index is 2.01. The lowest BCUT2D eigenvalue weighted by molar-refractivity contribution is -0.0514. The Labute approximate surface area is 166 Å². The lowest BCUT2D eigenvalue weighted by atomic mass is 9.99. The molecule has 0 unspecified atom stereocenters. The first kappa shape index (κ1) is 20.1. The predicted molar refractivity (Wildman–Crippen MR) is 105 cm³/mol. The maximum absolute atomic E-state index is 13.0. The molecule has 7 heteroatoms. The molecule has 0 saturated carbocycles. The first-order valence-electron chi connectivity index (χ1n) is 8.90. The molecule has 0 radical (unpaired) electrons. The van der Waals surface area contributed by atoms with Crippen LogP contribution in [0.5, 0.6) is 11.5 Å². The summed E-state index contributed by atoms with van der Waals surface area (Å²) in [6, 6.07) is 13.5. The summed E-state index contributed by atoms with van der Waals surface area (Å²) in [6.45, 7) is 0.729. The number of ketones is 1. The number of rotatable bonds is 7. The zero-order valence-electron chi connectivity index (χ0n) is 15.8. The van der Waals surface area contributed by atoms with Crippen LogP contribution in [0.3, 0.4) is 0 Å². The third-order valence-corrected chi connectivity index (χ3v) is 4.28. The van der Waals surface area contributed by atoms with Crippen LogP contribution in [0, 0.1) is 18.3 Å². The molecule has 0 spiro atoms. The molecule has 0 fully saturated rings. The Morgan fingerprint density at radius 1 is 1.24 bits per heavy atom. The number of aryl methyl sites for hydroxylation is 1.